The lowest BCUT2D eigenvalue weighted by Gasteiger charge is -2.25. The third-order valence-electron chi connectivity index (χ3n) is 8.31. The molecule has 0 saturated heterocycles. The first-order chi connectivity index (χ1) is 25.5. The van der Waals surface area contributed by atoms with Gasteiger partial charge in [-0.05, 0) is 67.3 Å². The van der Waals surface area contributed by atoms with Crippen LogP contribution >= 0.6 is 0 Å². The van der Waals surface area contributed by atoms with Crippen LogP contribution in [0, 0.1) is 5.92 Å². The van der Waals surface area contributed by atoms with Crippen LogP contribution in [-0.2, 0) is 30.5 Å². The molecule has 1 aliphatic rings. The number of carbonyl (C=O) groups excluding carboxylic acids is 5. The Morgan fingerprint density at radius 3 is 2.36 bits per heavy atom. The van der Waals surface area contributed by atoms with E-state index < -0.39 is 41.8 Å². The minimum Gasteiger partial charge on any atom is -0.484 e. The lowest BCUT2D eigenvalue weighted by Crippen LogP contribution is -2.54. The summed E-state index contributed by atoms with van der Waals surface area (Å²) >= 11 is 0. The summed E-state index contributed by atoms with van der Waals surface area (Å²) in [4.78, 5) is 72.6. The molecule has 18 nitrogen and oxygen atoms in total. The molecule has 4 aromatic rings. The Kier molecular flexibility index (Phi) is 12.8. The van der Waals surface area contributed by atoms with Gasteiger partial charge in [0.25, 0.3) is 5.91 Å². The van der Waals surface area contributed by atoms with Gasteiger partial charge in [0, 0.05) is 18.7 Å². The van der Waals surface area contributed by atoms with Crippen LogP contribution in [0.25, 0.3) is 17.1 Å². The highest BCUT2D eigenvalue weighted by molar-refractivity contribution is 5.93. The zero-order valence-electron chi connectivity index (χ0n) is 30.1. The second-order valence-corrected chi connectivity index (χ2v) is 13.1. The Hall–Kier alpha value is -6.20. The van der Waals surface area contributed by atoms with Gasteiger partial charge < -0.3 is 30.9 Å². The first-order valence-corrected chi connectivity index (χ1v) is 17.4. The Balaban J connectivity index is 1.33. The highest BCUT2D eigenvalue weighted by Gasteiger charge is 2.29. The molecule has 0 unspecified atom stereocenters. The highest BCUT2D eigenvalue weighted by atomic mass is 16.5. The van der Waals surface area contributed by atoms with Crippen LogP contribution in [0.4, 0.5) is 0 Å². The number of hydrogen-bond acceptors (Lipinski definition) is 11. The van der Waals surface area contributed by atoms with Gasteiger partial charge in [0.15, 0.2) is 12.4 Å². The van der Waals surface area contributed by atoms with Gasteiger partial charge in [0.1, 0.15) is 36.5 Å². The molecule has 5 amide bonds. The van der Waals surface area contributed by atoms with Gasteiger partial charge in [-0.1, -0.05) is 44.2 Å². The average Bonchev–Trinajstić information content (AvgIpc) is 3.83. The fourth-order valence-corrected chi connectivity index (χ4v) is 5.60. The Morgan fingerprint density at radius 2 is 1.66 bits per heavy atom. The molecule has 0 radical (unpaired) electrons. The van der Waals surface area contributed by atoms with Gasteiger partial charge in [-0.2, -0.15) is 5.10 Å². The van der Waals surface area contributed by atoms with Crippen LogP contribution in [0.1, 0.15) is 52.4 Å². The van der Waals surface area contributed by atoms with Crippen LogP contribution in [0.2, 0.25) is 0 Å². The molecule has 0 saturated carbocycles. The van der Waals surface area contributed by atoms with Crippen molar-refractivity contribution >= 4 is 29.5 Å². The predicted molar refractivity (Wildman–Crippen MR) is 190 cm³/mol. The number of ether oxygens (including phenoxy) is 1. The number of carbonyl (C=O) groups is 5. The summed E-state index contributed by atoms with van der Waals surface area (Å²) < 4.78 is 8.63. The van der Waals surface area contributed by atoms with Crippen molar-refractivity contribution in [3.63, 3.8) is 0 Å². The second kappa shape index (κ2) is 17.8. The van der Waals surface area contributed by atoms with Crippen molar-refractivity contribution in [3.8, 4) is 22.8 Å². The Bertz CT molecular complexity index is 1860. The van der Waals surface area contributed by atoms with Crippen LogP contribution in [-0.4, -0.2) is 108 Å². The van der Waals surface area contributed by atoms with E-state index in [1.807, 2.05) is 44.2 Å². The molecule has 1 aliphatic heterocycles. The van der Waals surface area contributed by atoms with E-state index in [0.717, 1.165) is 5.56 Å². The van der Waals surface area contributed by atoms with Gasteiger partial charge in [-0.3, -0.25) is 24.0 Å². The van der Waals surface area contributed by atoms with Crippen LogP contribution in [0.5, 0.6) is 5.75 Å². The summed E-state index contributed by atoms with van der Waals surface area (Å²) in [6, 6.07) is 13.4. The molecule has 2 aromatic carbocycles. The third-order valence-corrected chi connectivity index (χ3v) is 8.31. The number of hydrogen-bond donors (Lipinski definition) is 4. The lowest BCUT2D eigenvalue weighted by atomic mass is 10.0. The number of benzene rings is 2. The smallest absolute Gasteiger partial charge is 0.260 e. The zero-order chi connectivity index (χ0) is 37.9. The topological polar surface area (TPSA) is 220 Å². The first kappa shape index (κ1) is 38.0. The van der Waals surface area contributed by atoms with Crippen LogP contribution in [0.15, 0.2) is 60.9 Å². The number of amides is 5. The molecule has 0 spiro atoms. The summed E-state index contributed by atoms with van der Waals surface area (Å²) in [6.45, 7) is 6.42. The van der Waals surface area contributed by atoms with Crippen molar-refractivity contribution in [2.75, 3.05) is 26.2 Å². The van der Waals surface area contributed by atoms with Crippen molar-refractivity contribution in [2.45, 2.75) is 65.2 Å². The van der Waals surface area contributed by atoms with Crippen molar-refractivity contribution in [1.82, 2.24) is 61.1 Å². The van der Waals surface area contributed by atoms with Gasteiger partial charge >= 0.3 is 0 Å². The molecular weight excluding hydrogens is 684 g/mol. The normalized spacial score (nSPS) is 19.5. The van der Waals surface area contributed by atoms with E-state index >= 15 is 0 Å². The van der Waals surface area contributed by atoms with E-state index in [-0.39, 0.29) is 44.6 Å². The van der Waals surface area contributed by atoms with E-state index in [1.54, 1.807) is 31.2 Å². The third kappa shape index (κ3) is 10.7. The Morgan fingerprint density at radius 1 is 0.906 bits per heavy atom. The molecule has 3 atom stereocenters. The predicted octanol–water partition coefficient (Wildman–Crippen LogP) is 0.561. The molecular formula is C35H44N12O6. The number of aromatic nitrogens is 7. The molecule has 2 aromatic heterocycles. The monoisotopic (exact) mass is 728 g/mol. The number of rotatable bonds is 7. The maximum Gasteiger partial charge on any atom is 0.260 e. The summed E-state index contributed by atoms with van der Waals surface area (Å²) in [5.41, 5.74) is 1.42. The molecule has 18 heteroatoms. The van der Waals surface area contributed by atoms with Gasteiger partial charge in [0.05, 0.1) is 18.3 Å². The number of fused-ring (bicyclic) bond motifs is 1. The van der Waals surface area contributed by atoms with Crippen molar-refractivity contribution in [3.05, 3.63) is 66.7 Å². The summed E-state index contributed by atoms with van der Waals surface area (Å²) in [5, 5.41) is 26.8. The van der Waals surface area contributed by atoms with E-state index in [4.69, 9.17) is 4.74 Å². The summed E-state index contributed by atoms with van der Waals surface area (Å²) in [6.07, 6.45) is 2.07. The minimum absolute atomic E-state index is 0.0376. The molecule has 5 rings (SSSR count). The Labute approximate surface area is 306 Å². The fourth-order valence-electron chi connectivity index (χ4n) is 5.60. The van der Waals surface area contributed by atoms with Crippen molar-refractivity contribution in [2.24, 2.45) is 5.92 Å². The zero-order valence-corrected chi connectivity index (χ0v) is 30.1. The van der Waals surface area contributed by atoms with Gasteiger partial charge in [-0.15, -0.1) is 5.10 Å². The SMILES string of the molecule is CC(C)C[C@H]1NC(=O)[C@@H](C)NC(=O)CN(C(=O)COc2ccc(-n3cnnn3)cc2)CCCNC(=O)Cn2nc(-c3ccccc3)nc2[C@H](C)NC1=O. The van der Waals surface area contributed by atoms with Crippen molar-refractivity contribution < 1.29 is 28.7 Å². The molecule has 0 aliphatic carbocycles. The van der Waals surface area contributed by atoms with E-state index in [9.17, 15) is 24.0 Å². The number of nitrogens with one attached hydrogen (secondary N) is 4. The van der Waals surface area contributed by atoms with Crippen molar-refractivity contribution in [1.29, 1.82) is 0 Å². The lowest BCUT2D eigenvalue weighted by molar-refractivity contribution is -0.138. The maximum absolute atomic E-state index is 13.6. The maximum atomic E-state index is 13.6. The largest absolute Gasteiger partial charge is 0.484 e. The molecule has 0 fully saturated rings. The highest BCUT2D eigenvalue weighted by Crippen LogP contribution is 2.20. The van der Waals surface area contributed by atoms with Crippen LogP contribution < -0.4 is 26.0 Å². The molecule has 0 bridgehead atoms. The van der Waals surface area contributed by atoms with Gasteiger partial charge in [0.2, 0.25) is 23.6 Å². The average molecular weight is 729 g/mol. The molecule has 4 N–H and O–H groups in total. The summed E-state index contributed by atoms with van der Waals surface area (Å²) in [7, 11) is 0. The quantitative estimate of drug-likeness (QED) is 0.206. The molecule has 53 heavy (non-hydrogen) atoms. The fraction of sp³-hybridized carbons (Fsp3) is 0.429. The minimum atomic E-state index is -1.02. The first-order valence-electron chi connectivity index (χ1n) is 17.4. The van der Waals surface area contributed by atoms with Crippen LogP contribution in [0.3, 0.4) is 0 Å². The second-order valence-electron chi connectivity index (χ2n) is 13.1. The summed E-state index contributed by atoms with van der Waals surface area (Å²) in [5.74, 6) is -1.29. The standard InChI is InChI=1S/C35H44N12O6/c1-22(2)17-28-35(52)39-23(3)33-41-32(25-9-6-5-7-10-25)42-46(33)19-29(48)36-15-8-16-45(18-30(49)38-24(4)34(51)40-28)31(50)20-53-27-13-11-26(12-14-27)47-21-37-43-44-47/h5-7,9-14,21-24,28H,8,15-20H2,1-4H3,(H,36,48)(H,38,49)(H,39,52)(H,40,51)/t23-,24+,28+/m0/s1. The number of nitrogens with zero attached hydrogens (tertiary/aromatic N) is 8. The number of tetrazole rings is 1. The van der Waals surface area contributed by atoms with E-state index in [0.29, 0.717) is 35.9 Å². The van der Waals surface area contributed by atoms with E-state index in [1.165, 1.54) is 27.5 Å². The molecule has 3 heterocycles. The van der Waals surface area contributed by atoms with Gasteiger partial charge in [-0.25, -0.2) is 14.3 Å². The molecule has 280 valence electrons. The van der Waals surface area contributed by atoms with E-state index in [2.05, 4.69) is 46.9 Å².